The van der Waals surface area contributed by atoms with Crippen LogP contribution in [0.3, 0.4) is 0 Å². The van der Waals surface area contributed by atoms with Crippen molar-refractivity contribution >= 4 is 12.0 Å². The summed E-state index contributed by atoms with van der Waals surface area (Å²) in [6.45, 7) is 4.74. The number of carboxylic acids is 1. The van der Waals surface area contributed by atoms with E-state index < -0.39 is 5.97 Å². The van der Waals surface area contributed by atoms with Gasteiger partial charge in [-0.2, -0.15) is 0 Å². The number of amides is 2. The van der Waals surface area contributed by atoms with Gasteiger partial charge in [-0.25, -0.2) is 4.79 Å². The summed E-state index contributed by atoms with van der Waals surface area (Å²) in [5.41, 5.74) is 0. The first-order chi connectivity index (χ1) is 9.65. The highest BCUT2D eigenvalue weighted by Crippen LogP contribution is 2.23. The van der Waals surface area contributed by atoms with E-state index in [1.165, 1.54) is 4.90 Å². The SMILES string of the molecule is C=CCCOCCNC(=O)N(CC(=O)O)C1CCCC1. The van der Waals surface area contributed by atoms with Crippen LogP contribution in [0.1, 0.15) is 32.1 Å². The molecule has 0 atom stereocenters. The molecule has 0 aromatic rings. The van der Waals surface area contributed by atoms with Gasteiger partial charge < -0.3 is 20.1 Å². The lowest BCUT2D eigenvalue weighted by atomic mass is 10.2. The molecule has 0 aliphatic heterocycles. The van der Waals surface area contributed by atoms with Gasteiger partial charge >= 0.3 is 12.0 Å². The second-order valence-electron chi connectivity index (χ2n) is 4.88. The van der Waals surface area contributed by atoms with Gasteiger partial charge in [0, 0.05) is 12.6 Å². The fourth-order valence-electron chi connectivity index (χ4n) is 2.33. The van der Waals surface area contributed by atoms with Crippen molar-refractivity contribution in [2.75, 3.05) is 26.3 Å². The van der Waals surface area contributed by atoms with E-state index in [0.29, 0.717) is 19.8 Å². The first-order valence-corrected chi connectivity index (χ1v) is 7.10. The number of ether oxygens (including phenoxy) is 1. The maximum absolute atomic E-state index is 12.0. The maximum Gasteiger partial charge on any atom is 0.323 e. The first-order valence-electron chi connectivity index (χ1n) is 7.10. The smallest absolute Gasteiger partial charge is 0.323 e. The second kappa shape index (κ2) is 9.36. The third-order valence-corrected chi connectivity index (χ3v) is 3.32. The van der Waals surface area contributed by atoms with Crippen molar-refractivity contribution in [3.63, 3.8) is 0 Å². The Morgan fingerprint density at radius 3 is 2.65 bits per heavy atom. The third kappa shape index (κ3) is 6.06. The van der Waals surface area contributed by atoms with Crippen LogP contribution >= 0.6 is 0 Å². The van der Waals surface area contributed by atoms with E-state index in [2.05, 4.69) is 11.9 Å². The predicted octanol–water partition coefficient (Wildman–Crippen LogP) is 1.62. The third-order valence-electron chi connectivity index (χ3n) is 3.32. The average molecular weight is 284 g/mol. The van der Waals surface area contributed by atoms with E-state index in [0.717, 1.165) is 32.1 Å². The molecule has 6 nitrogen and oxygen atoms in total. The molecule has 1 saturated carbocycles. The molecule has 0 aromatic carbocycles. The Bertz CT molecular complexity index is 327. The Labute approximate surface area is 119 Å². The summed E-state index contributed by atoms with van der Waals surface area (Å²) in [6.07, 6.45) is 6.43. The Balaban J connectivity index is 2.31. The van der Waals surface area contributed by atoms with Gasteiger partial charge in [-0.3, -0.25) is 4.79 Å². The summed E-state index contributed by atoms with van der Waals surface area (Å²) in [4.78, 5) is 24.3. The minimum Gasteiger partial charge on any atom is -0.480 e. The van der Waals surface area contributed by atoms with Crippen LogP contribution in [0.5, 0.6) is 0 Å². The number of carboxylic acid groups (broad SMARTS) is 1. The lowest BCUT2D eigenvalue weighted by Crippen LogP contribution is -2.48. The average Bonchev–Trinajstić information content (AvgIpc) is 2.93. The van der Waals surface area contributed by atoms with Crippen LogP contribution in [0.4, 0.5) is 4.79 Å². The zero-order valence-corrected chi connectivity index (χ0v) is 11.8. The minimum absolute atomic E-state index is 0.0489. The highest BCUT2D eigenvalue weighted by molar-refractivity contribution is 5.80. The Morgan fingerprint density at radius 1 is 1.35 bits per heavy atom. The molecule has 0 aromatic heterocycles. The van der Waals surface area contributed by atoms with Gasteiger partial charge in [0.2, 0.25) is 0 Å². The van der Waals surface area contributed by atoms with Gasteiger partial charge in [-0.05, 0) is 19.3 Å². The van der Waals surface area contributed by atoms with Gasteiger partial charge in [0.25, 0.3) is 0 Å². The molecule has 0 heterocycles. The fourth-order valence-corrected chi connectivity index (χ4v) is 2.33. The van der Waals surface area contributed by atoms with Crippen LogP contribution in [0.15, 0.2) is 12.7 Å². The number of carbonyl (C=O) groups excluding carboxylic acids is 1. The highest BCUT2D eigenvalue weighted by atomic mass is 16.5. The van der Waals surface area contributed by atoms with Gasteiger partial charge in [0.1, 0.15) is 6.54 Å². The lowest BCUT2D eigenvalue weighted by molar-refractivity contribution is -0.138. The topological polar surface area (TPSA) is 78.9 Å². The zero-order chi connectivity index (χ0) is 14.8. The van der Waals surface area contributed by atoms with Gasteiger partial charge in [0.15, 0.2) is 0 Å². The monoisotopic (exact) mass is 284 g/mol. The minimum atomic E-state index is -0.978. The molecule has 20 heavy (non-hydrogen) atoms. The van der Waals surface area contributed by atoms with Crippen LogP contribution in [-0.4, -0.2) is 54.4 Å². The number of hydrogen-bond donors (Lipinski definition) is 2. The van der Waals surface area contributed by atoms with Crippen LogP contribution in [-0.2, 0) is 9.53 Å². The molecule has 1 aliphatic carbocycles. The van der Waals surface area contributed by atoms with Gasteiger partial charge in [-0.1, -0.05) is 18.9 Å². The van der Waals surface area contributed by atoms with Crippen molar-refractivity contribution in [2.24, 2.45) is 0 Å². The van der Waals surface area contributed by atoms with Crippen molar-refractivity contribution in [1.29, 1.82) is 0 Å². The van der Waals surface area contributed by atoms with Crippen molar-refractivity contribution in [3.8, 4) is 0 Å². The number of urea groups is 1. The Hall–Kier alpha value is -1.56. The molecule has 0 bridgehead atoms. The molecule has 0 saturated heterocycles. The number of aliphatic carboxylic acids is 1. The summed E-state index contributed by atoms with van der Waals surface area (Å²) in [7, 11) is 0. The van der Waals surface area contributed by atoms with E-state index in [-0.39, 0.29) is 18.6 Å². The molecule has 114 valence electrons. The van der Waals surface area contributed by atoms with Crippen LogP contribution in [0, 0.1) is 0 Å². The highest BCUT2D eigenvalue weighted by Gasteiger charge is 2.27. The largest absolute Gasteiger partial charge is 0.480 e. The van der Waals surface area contributed by atoms with Crippen LogP contribution in [0.25, 0.3) is 0 Å². The summed E-state index contributed by atoms with van der Waals surface area (Å²) in [5, 5.41) is 11.6. The number of nitrogens with one attached hydrogen (secondary N) is 1. The van der Waals surface area contributed by atoms with Crippen molar-refractivity contribution < 1.29 is 19.4 Å². The van der Waals surface area contributed by atoms with Crippen molar-refractivity contribution in [2.45, 2.75) is 38.1 Å². The summed E-state index contributed by atoms with van der Waals surface area (Å²) in [6, 6.07) is -0.264. The molecule has 0 unspecified atom stereocenters. The maximum atomic E-state index is 12.0. The van der Waals surface area contributed by atoms with Gasteiger partial charge in [-0.15, -0.1) is 6.58 Å². The quantitative estimate of drug-likeness (QED) is 0.498. The summed E-state index contributed by atoms with van der Waals surface area (Å²) >= 11 is 0. The van der Waals surface area contributed by atoms with Crippen LogP contribution < -0.4 is 5.32 Å². The van der Waals surface area contributed by atoms with Crippen LogP contribution in [0.2, 0.25) is 0 Å². The Kier molecular flexibility index (Phi) is 7.72. The van der Waals surface area contributed by atoms with Crippen molar-refractivity contribution in [3.05, 3.63) is 12.7 Å². The molecule has 0 spiro atoms. The first kappa shape index (κ1) is 16.5. The molecule has 2 amide bonds. The number of carbonyl (C=O) groups is 2. The van der Waals surface area contributed by atoms with E-state index in [1.807, 2.05) is 0 Å². The predicted molar refractivity (Wildman–Crippen MR) is 75.6 cm³/mol. The normalized spacial score (nSPS) is 15.0. The molecular formula is C14H24N2O4. The summed E-state index contributed by atoms with van der Waals surface area (Å²) in [5.74, 6) is -0.978. The molecule has 1 rings (SSSR count). The van der Waals surface area contributed by atoms with E-state index >= 15 is 0 Å². The molecule has 1 aliphatic rings. The van der Waals surface area contributed by atoms with E-state index in [9.17, 15) is 9.59 Å². The molecule has 6 heteroatoms. The fraction of sp³-hybridized carbons (Fsp3) is 0.714. The second-order valence-corrected chi connectivity index (χ2v) is 4.88. The molecular weight excluding hydrogens is 260 g/mol. The van der Waals surface area contributed by atoms with Crippen molar-refractivity contribution in [1.82, 2.24) is 10.2 Å². The summed E-state index contributed by atoms with van der Waals surface area (Å²) < 4.78 is 5.29. The van der Waals surface area contributed by atoms with E-state index in [1.54, 1.807) is 6.08 Å². The molecule has 1 fully saturated rings. The number of rotatable bonds is 9. The van der Waals surface area contributed by atoms with E-state index in [4.69, 9.17) is 9.84 Å². The molecule has 2 N–H and O–H groups in total. The zero-order valence-electron chi connectivity index (χ0n) is 11.8. The van der Waals surface area contributed by atoms with Gasteiger partial charge in [0.05, 0.1) is 13.2 Å². The lowest BCUT2D eigenvalue weighted by Gasteiger charge is -2.27. The Morgan fingerprint density at radius 2 is 2.05 bits per heavy atom. The number of hydrogen-bond acceptors (Lipinski definition) is 3. The molecule has 0 radical (unpaired) electrons. The standard InChI is InChI=1S/C14H24N2O4/c1-2-3-9-20-10-8-15-14(19)16(11-13(17)18)12-6-4-5-7-12/h2,12H,1,3-11H2,(H,15,19)(H,17,18). The number of nitrogens with zero attached hydrogens (tertiary/aromatic N) is 1.